The van der Waals surface area contributed by atoms with Crippen LogP contribution in [0.2, 0.25) is 0 Å². The van der Waals surface area contributed by atoms with Gasteiger partial charge < -0.3 is 10.2 Å². The highest BCUT2D eigenvalue weighted by molar-refractivity contribution is 5.86. The second-order valence-corrected chi connectivity index (χ2v) is 7.88. The van der Waals surface area contributed by atoms with E-state index in [1.807, 2.05) is 12.1 Å². The van der Waals surface area contributed by atoms with E-state index in [0.29, 0.717) is 36.9 Å². The summed E-state index contributed by atoms with van der Waals surface area (Å²) >= 11 is 0. The van der Waals surface area contributed by atoms with E-state index in [9.17, 15) is 14.0 Å². The van der Waals surface area contributed by atoms with E-state index in [1.54, 1.807) is 11.0 Å². The SMILES string of the molecule is O=C(CN1CCCC1=O)N[C@@H]1CN(Cc2ccccc2F)C[C@H]1C1CC1. The molecule has 2 atom stereocenters. The minimum absolute atomic E-state index is 0.0661. The molecule has 1 aromatic rings. The molecule has 2 heterocycles. The van der Waals surface area contributed by atoms with Gasteiger partial charge in [0, 0.05) is 44.2 Å². The van der Waals surface area contributed by atoms with Crippen LogP contribution in [0.5, 0.6) is 0 Å². The second kappa shape index (κ2) is 7.35. The van der Waals surface area contributed by atoms with E-state index in [-0.39, 0.29) is 30.2 Å². The van der Waals surface area contributed by atoms with E-state index in [0.717, 1.165) is 19.5 Å². The molecule has 0 unspecified atom stereocenters. The van der Waals surface area contributed by atoms with Gasteiger partial charge in [0.25, 0.3) is 0 Å². The number of rotatable bonds is 6. The zero-order valence-electron chi connectivity index (χ0n) is 15.0. The Morgan fingerprint density at radius 1 is 1.23 bits per heavy atom. The fourth-order valence-corrected chi connectivity index (χ4v) is 4.36. The summed E-state index contributed by atoms with van der Waals surface area (Å²) in [6.07, 6.45) is 3.83. The van der Waals surface area contributed by atoms with Gasteiger partial charge in [-0.25, -0.2) is 4.39 Å². The second-order valence-electron chi connectivity index (χ2n) is 7.88. The Morgan fingerprint density at radius 2 is 2.04 bits per heavy atom. The molecule has 1 aromatic carbocycles. The molecule has 1 aliphatic carbocycles. The van der Waals surface area contributed by atoms with Crippen molar-refractivity contribution in [2.24, 2.45) is 11.8 Å². The first-order valence-corrected chi connectivity index (χ1v) is 9.63. The number of amides is 2. The van der Waals surface area contributed by atoms with Gasteiger partial charge in [-0.1, -0.05) is 18.2 Å². The summed E-state index contributed by atoms with van der Waals surface area (Å²) in [5.74, 6) is 0.935. The Hall–Kier alpha value is -1.95. The Bertz CT molecular complexity index is 691. The van der Waals surface area contributed by atoms with Crippen molar-refractivity contribution in [1.82, 2.24) is 15.1 Å². The third-order valence-electron chi connectivity index (χ3n) is 5.87. The van der Waals surface area contributed by atoms with Crippen molar-refractivity contribution < 1.29 is 14.0 Å². The van der Waals surface area contributed by atoms with Crippen LogP contribution in [0, 0.1) is 17.7 Å². The van der Waals surface area contributed by atoms with Crippen molar-refractivity contribution >= 4 is 11.8 Å². The Kier molecular flexibility index (Phi) is 4.94. The average molecular weight is 359 g/mol. The van der Waals surface area contributed by atoms with Gasteiger partial charge in [-0.2, -0.15) is 0 Å². The lowest BCUT2D eigenvalue weighted by Crippen LogP contribution is -2.46. The van der Waals surface area contributed by atoms with Crippen LogP contribution in [0.25, 0.3) is 0 Å². The summed E-state index contributed by atoms with van der Waals surface area (Å²) in [7, 11) is 0. The molecule has 5 nitrogen and oxygen atoms in total. The van der Waals surface area contributed by atoms with Crippen LogP contribution in [0.15, 0.2) is 24.3 Å². The maximum atomic E-state index is 13.9. The minimum Gasteiger partial charge on any atom is -0.350 e. The lowest BCUT2D eigenvalue weighted by molar-refractivity contribution is -0.133. The third kappa shape index (κ3) is 3.90. The molecule has 2 amide bonds. The van der Waals surface area contributed by atoms with Crippen LogP contribution >= 0.6 is 0 Å². The van der Waals surface area contributed by atoms with Gasteiger partial charge in [0.05, 0.1) is 6.54 Å². The van der Waals surface area contributed by atoms with Gasteiger partial charge in [-0.3, -0.25) is 14.5 Å². The fraction of sp³-hybridized carbons (Fsp3) is 0.600. The molecule has 4 rings (SSSR count). The number of halogens is 1. The van der Waals surface area contributed by atoms with Crippen molar-refractivity contribution in [1.29, 1.82) is 0 Å². The number of benzene rings is 1. The number of nitrogens with one attached hydrogen (secondary N) is 1. The summed E-state index contributed by atoms with van der Waals surface area (Å²) in [5.41, 5.74) is 0.705. The highest BCUT2D eigenvalue weighted by Gasteiger charge is 2.43. The molecule has 3 fully saturated rings. The smallest absolute Gasteiger partial charge is 0.239 e. The standard InChI is InChI=1S/C20H26FN3O2/c21-17-5-2-1-4-15(17)10-23-11-16(14-7-8-14)18(12-23)22-19(25)13-24-9-3-6-20(24)26/h1-2,4-5,14,16,18H,3,6-13H2,(H,22,25)/t16-,18+/m0/s1. The molecule has 0 radical (unpaired) electrons. The molecular formula is C20H26FN3O2. The van der Waals surface area contributed by atoms with Crippen molar-refractivity contribution in [2.45, 2.75) is 38.3 Å². The van der Waals surface area contributed by atoms with Crippen molar-refractivity contribution in [3.8, 4) is 0 Å². The van der Waals surface area contributed by atoms with E-state index in [1.165, 1.54) is 18.9 Å². The summed E-state index contributed by atoms with van der Waals surface area (Å²) in [5, 5.41) is 3.16. The average Bonchev–Trinajstić information content (AvgIpc) is 3.27. The largest absolute Gasteiger partial charge is 0.350 e. The Balaban J connectivity index is 1.36. The number of carbonyl (C=O) groups excluding carboxylic acids is 2. The molecule has 2 saturated heterocycles. The number of hydrogen-bond donors (Lipinski definition) is 1. The summed E-state index contributed by atoms with van der Waals surface area (Å²) < 4.78 is 13.9. The van der Waals surface area contributed by atoms with E-state index in [4.69, 9.17) is 0 Å². The molecule has 1 N–H and O–H groups in total. The molecular weight excluding hydrogens is 333 g/mol. The van der Waals surface area contributed by atoms with Gasteiger partial charge in [0.15, 0.2) is 0 Å². The maximum absolute atomic E-state index is 13.9. The van der Waals surface area contributed by atoms with Crippen molar-refractivity contribution in [2.75, 3.05) is 26.2 Å². The summed E-state index contributed by atoms with van der Waals surface area (Å²) in [6.45, 7) is 3.07. The predicted octanol–water partition coefficient (Wildman–Crippen LogP) is 1.77. The van der Waals surface area contributed by atoms with Crippen LogP contribution in [-0.2, 0) is 16.1 Å². The first-order chi connectivity index (χ1) is 12.6. The third-order valence-corrected chi connectivity index (χ3v) is 5.87. The molecule has 0 aromatic heterocycles. The summed E-state index contributed by atoms with van der Waals surface area (Å²) in [4.78, 5) is 28.0. The quantitative estimate of drug-likeness (QED) is 0.842. The molecule has 1 saturated carbocycles. The molecule has 0 bridgehead atoms. The van der Waals surface area contributed by atoms with Crippen LogP contribution in [0.3, 0.4) is 0 Å². The topological polar surface area (TPSA) is 52.7 Å². The van der Waals surface area contributed by atoms with Gasteiger partial charge in [0.2, 0.25) is 11.8 Å². The van der Waals surface area contributed by atoms with Gasteiger partial charge in [0.1, 0.15) is 5.82 Å². The molecule has 26 heavy (non-hydrogen) atoms. The molecule has 0 spiro atoms. The number of carbonyl (C=O) groups is 2. The van der Waals surface area contributed by atoms with Crippen LogP contribution in [0.4, 0.5) is 4.39 Å². The number of nitrogens with zero attached hydrogens (tertiary/aromatic N) is 2. The van der Waals surface area contributed by atoms with Crippen LogP contribution in [0.1, 0.15) is 31.2 Å². The Labute approximate surface area is 153 Å². The fourth-order valence-electron chi connectivity index (χ4n) is 4.36. The highest BCUT2D eigenvalue weighted by Crippen LogP contribution is 2.41. The van der Waals surface area contributed by atoms with Crippen LogP contribution < -0.4 is 5.32 Å². The van der Waals surface area contributed by atoms with Gasteiger partial charge >= 0.3 is 0 Å². The zero-order chi connectivity index (χ0) is 18.1. The van der Waals surface area contributed by atoms with Gasteiger partial charge in [-0.05, 0) is 37.2 Å². The van der Waals surface area contributed by atoms with Crippen LogP contribution in [-0.4, -0.2) is 53.8 Å². The first-order valence-electron chi connectivity index (χ1n) is 9.63. The van der Waals surface area contributed by atoms with Gasteiger partial charge in [-0.15, -0.1) is 0 Å². The molecule has 6 heteroatoms. The lowest BCUT2D eigenvalue weighted by Gasteiger charge is -2.22. The molecule has 3 aliphatic rings. The molecule has 140 valence electrons. The van der Waals surface area contributed by atoms with E-state index in [2.05, 4.69) is 10.2 Å². The monoisotopic (exact) mass is 359 g/mol. The summed E-state index contributed by atoms with van der Waals surface area (Å²) in [6, 6.07) is 6.99. The van der Waals surface area contributed by atoms with Crippen molar-refractivity contribution in [3.63, 3.8) is 0 Å². The normalized spacial score (nSPS) is 26.5. The zero-order valence-corrected chi connectivity index (χ0v) is 15.0. The van der Waals surface area contributed by atoms with Crippen molar-refractivity contribution in [3.05, 3.63) is 35.6 Å². The lowest BCUT2D eigenvalue weighted by atomic mass is 9.98. The first kappa shape index (κ1) is 17.5. The molecule has 2 aliphatic heterocycles. The van der Waals surface area contributed by atoms with E-state index >= 15 is 0 Å². The minimum atomic E-state index is -0.171. The highest BCUT2D eigenvalue weighted by atomic mass is 19.1. The van der Waals surface area contributed by atoms with E-state index < -0.39 is 0 Å². The predicted molar refractivity (Wildman–Crippen MR) is 95.6 cm³/mol. The number of hydrogen-bond acceptors (Lipinski definition) is 3. The maximum Gasteiger partial charge on any atom is 0.239 e. The Morgan fingerprint density at radius 3 is 2.73 bits per heavy atom. The number of likely N-dealkylation sites (tertiary alicyclic amines) is 2.